The highest BCUT2D eigenvalue weighted by Crippen LogP contribution is 2.13. The van der Waals surface area contributed by atoms with Gasteiger partial charge in [0.2, 0.25) is 10.0 Å². The highest BCUT2D eigenvalue weighted by Gasteiger charge is 2.29. The molecular formula is C9H17NO5S. The molecule has 94 valence electrons. The predicted octanol–water partition coefficient (Wildman–Crippen LogP) is -0.400. The second-order valence-electron chi connectivity index (χ2n) is 3.53. The van der Waals surface area contributed by atoms with E-state index < -0.39 is 16.1 Å². The fourth-order valence-corrected chi connectivity index (χ4v) is 2.63. The molecule has 16 heavy (non-hydrogen) atoms. The molecule has 1 heterocycles. The van der Waals surface area contributed by atoms with Gasteiger partial charge in [-0.15, -0.1) is 0 Å². The van der Waals surface area contributed by atoms with E-state index in [4.69, 9.17) is 4.74 Å². The molecule has 0 spiro atoms. The molecule has 0 aromatic heterocycles. The third kappa shape index (κ3) is 3.43. The Morgan fingerprint density at radius 2 is 2.25 bits per heavy atom. The van der Waals surface area contributed by atoms with Crippen LogP contribution in [0.4, 0.5) is 0 Å². The monoisotopic (exact) mass is 251 g/mol. The molecule has 0 amide bonds. The number of sulfonamides is 1. The van der Waals surface area contributed by atoms with Crippen molar-refractivity contribution in [2.75, 3.05) is 32.6 Å². The molecule has 1 fully saturated rings. The molecule has 0 saturated carbocycles. The van der Waals surface area contributed by atoms with Crippen molar-refractivity contribution < 1.29 is 22.7 Å². The Morgan fingerprint density at radius 1 is 1.56 bits per heavy atom. The number of nitrogens with zero attached hydrogens (tertiary/aromatic N) is 1. The van der Waals surface area contributed by atoms with Crippen LogP contribution in [-0.2, 0) is 24.3 Å². The zero-order valence-corrected chi connectivity index (χ0v) is 10.3. The van der Waals surface area contributed by atoms with E-state index in [9.17, 15) is 13.2 Å². The van der Waals surface area contributed by atoms with E-state index in [2.05, 4.69) is 4.74 Å². The van der Waals surface area contributed by atoms with Crippen molar-refractivity contribution in [3.8, 4) is 0 Å². The van der Waals surface area contributed by atoms with Crippen LogP contribution in [0.1, 0.15) is 13.3 Å². The molecule has 1 aliphatic heterocycles. The molecule has 1 atom stereocenters. The van der Waals surface area contributed by atoms with Gasteiger partial charge in [-0.1, -0.05) is 0 Å². The molecule has 1 aliphatic rings. The van der Waals surface area contributed by atoms with Gasteiger partial charge in [0, 0.05) is 13.1 Å². The van der Waals surface area contributed by atoms with Gasteiger partial charge in [-0.2, -0.15) is 4.31 Å². The number of morpholine rings is 1. The zero-order chi connectivity index (χ0) is 12.2. The van der Waals surface area contributed by atoms with Crippen LogP contribution in [0.3, 0.4) is 0 Å². The van der Waals surface area contributed by atoms with E-state index in [-0.39, 0.29) is 24.7 Å². The summed E-state index contributed by atoms with van der Waals surface area (Å²) < 4.78 is 34.4. The summed E-state index contributed by atoms with van der Waals surface area (Å²) in [6, 6.07) is 0. The zero-order valence-electron chi connectivity index (χ0n) is 9.51. The Balaban J connectivity index is 2.57. The van der Waals surface area contributed by atoms with Crippen LogP contribution in [0, 0.1) is 0 Å². The first-order valence-corrected chi connectivity index (χ1v) is 6.76. The largest absolute Gasteiger partial charge is 0.469 e. The summed E-state index contributed by atoms with van der Waals surface area (Å²) in [7, 11) is -1.90. The maximum Gasteiger partial charge on any atom is 0.308 e. The van der Waals surface area contributed by atoms with Crippen LogP contribution in [0.25, 0.3) is 0 Å². The summed E-state index contributed by atoms with van der Waals surface area (Å²) in [6.07, 6.45) is -0.311. The molecule has 0 aromatic carbocycles. The molecule has 0 N–H and O–H groups in total. The first kappa shape index (κ1) is 13.4. The standard InChI is InChI=1S/C9H17NO5S/c1-3-16(12,13)10-4-5-15-8(7-10)6-9(11)14-2/h8H,3-7H2,1-2H3. The second kappa shape index (κ2) is 5.60. The van der Waals surface area contributed by atoms with Gasteiger partial charge in [0.25, 0.3) is 0 Å². The van der Waals surface area contributed by atoms with Gasteiger partial charge >= 0.3 is 5.97 Å². The third-order valence-corrected chi connectivity index (χ3v) is 4.33. The maximum absolute atomic E-state index is 11.6. The number of carbonyl (C=O) groups is 1. The Morgan fingerprint density at radius 3 is 2.81 bits per heavy atom. The fraction of sp³-hybridized carbons (Fsp3) is 0.889. The lowest BCUT2D eigenvalue weighted by molar-refractivity contribution is -0.145. The average Bonchev–Trinajstić information content (AvgIpc) is 2.29. The third-order valence-electron chi connectivity index (χ3n) is 2.48. The van der Waals surface area contributed by atoms with E-state index >= 15 is 0 Å². The van der Waals surface area contributed by atoms with Gasteiger partial charge in [-0.25, -0.2) is 8.42 Å². The van der Waals surface area contributed by atoms with Gasteiger partial charge in [-0.05, 0) is 6.92 Å². The second-order valence-corrected chi connectivity index (χ2v) is 5.79. The smallest absolute Gasteiger partial charge is 0.308 e. The van der Waals surface area contributed by atoms with E-state index in [0.717, 1.165) is 0 Å². The molecule has 1 saturated heterocycles. The Kier molecular flexibility index (Phi) is 4.69. The van der Waals surface area contributed by atoms with Gasteiger partial charge in [0.1, 0.15) is 0 Å². The van der Waals surface area contributed by atoms with E-state index in [0.29, 0.717) is 13.2 Å². The minimum Gasteiger partial charge on any atom is -0.469 e. The van der Waals surface area contributed by atoms with Crippen molar-refractivity contribution in [3.63, 3.8) is 0 Å². The summed E-state index contributed by atoms with van der Waals surface area (Å²) in [6.45, 7) is 2.50. The molecule has 0 radical (unpaired) electrons. The van der Waals surface area contributed by atoms with Crippen molar-refractivity contribution in [2.45, 2.75) is 19.4 Å². The predicted molar refractivity (Wildman–Crippen MR) is 57.4 cm³/mol. The summed E-state index contributed by atoms with van der Waals surface area (Å²) in [5.41, 5.74) is 0. The van der Waals surface area contributed by atoms with Crippen molar-refractivity contribution in [3.05, 3.63) is 0 Å². The normalized spacial score (nSPS) is 23.0. The van der Waals surface area contributed by atoms with Crippen molar-refractivity contribution in [2.24, 2.45) is 0 Å². The first-order chi connectivity index (χ1) is 7.49. The first-order valence-electron chi connectivity index (χ1n) is 5.16. The number of hydrogen-bond acceptors (Lipinski definition) is 5. The van der Waals surface area contributed by atoms with Crippen molar-refractivity contribution in [1.29, 1.82) is 0 Å². The number of carbonyl (C=O) groups excluding carboxylic acids is 1. The lowest BCUT2D eigenvalue weighted by Crippen LogP contribution is -2.46. The molecule has 0 bridgehead atoms. The summed E-state index contributed by atoms with van der Waals surface area (Å²) in [5.74, 6) is -0.321. The molecular weight excluding hydrogens is 234 g/mol. The molecule has 7 heteroatoms. The Labute approximate surface area is 95.6 Å². The molecule has 1 rings (SSSR count). The average molecular weight is 251 g/mol. The molecule has 6 nitrogen and oxygen atoms in total. The van der Waals surface area contributed by atoms with Crippen LogP contribution in [0.5, 0.6) is 0 Å². The Bertz CT molecular complexity index is 340. The van der Waals surface area contributed by atoms with E-state index in [1.54, 1.807) is 6.92 Å². The molecule has 0 aliphatic carbocycles. The SMILES string of the molecule is CCS(=O)(=O)N1CCOC(CC(=O)OC)C1. The van der Waals surface area contributed by atoms with Gasteiger partial charge < -0.3 is 9.47 Å². The number of rotatable bonds is 4. The highest BCUT2D eigenvalue weighted by atomic mass is 32.2. The summed E-state index contributed by atoms with van der Waals surface area (Å²) >= 11 is 0. The minimum atomic E-state index is -3.20. The van der Waals surface area contributed by atoms with Crippen LogP contribution in [0.2, 0.25) is 0 Å². The maximum atomic E-state index is 11.6. The number of hydrogen-bond donors (Lipinski definition) is 0. The highest BCUT2D eigenvalue weighted by molar-refractivity contribution is 7.89. The number of ether oxygens (including phenoxy) is 2. The molecule has 1 unspecified atom stereocenters. The van der Waals surface area contributed by atoms with E-state index in [1.807, 2.05) is 0 Å². The van der Waals surface area contributed by atoms with Gasteiger partial charge in [0.05, 0.1) is 32.0 Å². The van der Waals surface area contributed by atoms with Gasteiger partial charge in [-0.3, -0.25) is 4.79 Å². The quantitative estimate of drug-likeness (QED) is 0.636. The molecule has 0 aromatic rings. The minimum absolute atomic E-state index is 0.0674. The Hall–Kier alpha value is -0.660. The number of methoxy groups -OCH3 is 1. The lowest BCUT2D eigenvalue weighted by Gasteiger charge is -2.31. The van der Waals surface area contributed by atoms with Crippen LogP contribution in [-0.4, -0.2) is 57.4 Å². The van der Waals surface area contributed by atoms with Gasteiger partial charge in [0.15, 0.2) is 0 Å². The topological polar surface area (TPSA) is 72.9 Å². The van der Waals surface area contributed by atoms with E-state index in [1.165, 1.54) is 11.4 Å². The van der Waals surface area contributed by atoms with Crippen LogP contribution < -0.4 is 0 Å². The fourth-order valence-electron chi connectivity index (χ4n) is 1.52. The van der Waals surface area contributed by atoms with Crippen LogP contribution >= 0.6 is 0 Å². The summed E-state index contributed by atoms with van der Waals surface area (Å²) in [4.78, 5) is 11.0. The van der Waals surface area contributed by atoms with Crippen molar-refractivity contribution in [1.82, 2.24) is 4.31 Å². The van der Waals surface area contributed by atoms with Crippen LogP contribution in [0.15, 0.2) is 0 Å². The van der Waals surface area contributed by atoms with Crippen molar-refractivity contribution >= 4 is 16.0 Å². The lowest BCUT2D eigenvalue weighted by atomic mass is 10.2. The summed E-state index contributed by atoms with van der Waals surface area (Å²) in [5, 5.41) is 0. The number of esters is 1.